The van der Waals surface area contributed by atoms with Crippen LogP contribution in [0.1, 0.15) is 25.8 Å². The summed E-state index contributed by atoms with van der Waals surface area (Å²) in [5, 5.41) is 0. The van der Waals surface area contributed by atoms with Gasteiger partial charge in [-0.15, -0.1) is 0 Å². The van der Waals surface area contributed by atoms with E-state index in [1.165, 1.54) is 0 Å². The second-order valence-corrected chi connectivity index (χ2v) is 4.98. The minimum absolute atomic E-state index is 0.139. The second-order valence-electron chi connectivity index (χ2n) is 4.98. The number of hydrogen-bond donors (Lipinski definition) is 0. The third-order valence-electron chi connectivity index (χ3n) is 3.61. The highest BCUT2D eigenvalue weighted by Crippen LogP contribution is 2.31. The first-order valence-electron chi connectivity index (χ1n) is 6.82. The summed E-state index contributed by atoms with van der Waals surface area (Å²) < 4.78 is 10.7. The molecule has 0 amide bonds. The van der Waals surface area contributed by atoms with Gasteiger partial charge in [0.15, 0.2) is 12.5 Å². The zero-order chi connectivity index (χ0) is 13.6. The van der Waals surface area contributed by atoms with E-state index in [0.29, 0.717) is 6.61 Å². The molecule has 2 rings (SSSR count). The minimum atomic E-state index is 0.139. The molecule has 4 heteroatoms. The Bertz CT molecular complexity index is 382. The maximum atomic E-state index is 5.50. The van der Waals surface area contributed by atoms with Crippen molar-refractivity contribution in [3.05, 3.63) is 29.8 Å². The molecule has 0 unspecified atom stereocenters. The fraction of sp³-hybridized carbons (Fsp3) is 0.600. The summed E-state index contributed by atoms with van der Waals surface area (Å²) in [5.74, 6) is 0.755. The van der Waals surface area contributed by atoms with Crippen molar-refractivity contribution in [3.63, 3.8) is 0 Å². The molecular formula is C15H22O4. The maximum absolute atomic E-state index is 5.50. The number of hydrogen-bond acceptors (Lipinski definition) is 4. The van der Waals surface area contributed by atoms with E-state index >= 15 is 0 Å². The van der Waals surface area contributed by atoms with Gasteiger partial charge in [0.05, 0.1) is 19.8 Å². The molecule has 1 saturated heterocycles. The molecule has 1 heterocycles. The standard InChI is InChI=1S/C15H22O4/c1-3-13-7-5-6-8-14(13)19-18-12-17-11-15(4-2)9-16-10-15/h5-8H,3-4,9-12H2,1-2H3. The van der Waals surface area contributed by atoms with Crippen LogP contribution in [0.4, 0.5) is 0 Å². The minimum Gasteiger partial charge on any atom is -0.380 e. The Morgan fingerprint density at radius 1 is 1.21 bits per heavy atom. The summed E-state index contributed by atoms with van der Waals surface area (Å²) in [6.07, 6.45) is 1.98. The van der Waals surface area contributed by atoms with Crippen molar-refractivity contribution in [1.29, 1.82) is 0 Å². The predicted octanol–water partition coefficient (Wildman–Crippen LogP) is 2.96. The lowest BCUT2D eigenvalue weighted by Crippen LogP contribution is -2.45. The van der Waals surface area contributed by atoms with Crippen LogP contribution in [-0.2, 0) is 20.8 Å². The Balaban J connectivity index is 1.66. The highest BCUT2D eigenvalue weighted by Gasteiger charge is 2.36. The first-order valence-corrected chi connectivity index (χ1v) is 6.82. The summed E-state index contributed by atoms with van der Waals surface area (Å²) in [5.41, 5.74) is 1.31. The number of ether oxygens (including phenoxy) is 2. The average molecular weight is 266 g/mol. The fourth-order valence-corrected chi connectivity index (χ4v) is 2.04. The molecule has 1 aromatic carbocycles. The van der Waals surface area contributed by atoms with Gasteiger partial charge in [0.1, 0.15) is 0 Å². The molecule has 106 valence electrons. The lowest BCUT2D eigenvalue weighted by atomic mass is 9.84. The molecule has 0 bridgehead atoms. The molecular weight excluding hydrogens is 244 g/mol. The van der Waals surface area contributed by atoms with Crippen LogP contribution < -0.4 is 4.89 Å². The van der Waals surface area contributed by atoms with Gasteiger partial charge in [-0.2, -0.15) is 4.89 Å². The van der Waals surface area contributed by atoms with Crippen molar-refractivity contribution >= 4 is 0 Å². The van der Waals surface area contributed by atoms with Crippen molar-refractivity contribution in [3.8, 4) is 5.75 Å². The molecule has 0 radical (unpaired) electrons. The van der Waals surface area contributed by atoms with Crippen LogP contribution in [0.3, 0.4) is 0 Å². The first-order chi connectivity index (χ1) is 9.29. The third kappa shape index (κ3) is 3.69. The summed E-state index contributed by atoms with van der Waals surface area (Å²) in [6.45, 7) is 6.59. The molecule has 0 atom stereocenters. The molecule has 19 heavy (non-hydrogen) atoms. The molecule has 0 aliphatic carbocycles. The molecule has 1 aliphatic rings. The maximum Gasteiger partial charge on any atom is 0.192 e. The number of rotatable bonds is 8. The molecule has 1 aromatic rings. The van der Waals surface area contributed by atoms with Gasteiger partial charge in [-0.05, 0) is 24.5 Å². The van der Waals surface area contributed by atoms with Gasteiger partial charge in [0.25, 0.3) is 0 Å². The number of para-hydroxylation sites is 1. The molecule has 4 nitrogen and oxygen atoms in total. The smallest absolute Gasteiger partial charge is 0.192 e. The van der Waals surface area contributed by atoms with E-state index in [0.717, 1.165) is 37.4 Å². The summed E-state index contributed by atoms with van der Waals surface area (Å²) >= 11 is 0. The van der Waals surface area contributed by atoms with E-state index in [9.17, 15) is 0 Å². The average Bonchev–Trinajstić information content (AvgIpc) is 2.41. The van der Waals surface area contributed by atoms with Crippen LogP contribution >= 0.6 is 0 Å². The van der Waals surface area contributed by atoms with Crippen molar-refractivity contribution in [2.24, 2.45) is 5.41 Å². The van der Waals surface area contributed by atoms with Crippen LogP contribution in [0, 0.1) is 5.41 Å². The van der Waals surface area contributed by atoms with Gasteiger partial charge in [-0.1, -0.05) is 32.0 Å². The fourth-order valence-electron chi connectivity index (χ4n) is 2.04. The SMILES string of the molecule is CCc1ccccc1OOCOCC1(CC)COC1. The highest BCUT2D eigenvalue weighted by molar-refractivity contribution is 5.32. The van der Waals surface area contributed by atoms with Gasteiger partial charge >= 0.3 is 0 Å². The molecule has 0 spiro atoms. The third-order valence-corrected chi connectivity index (χ3v) is 3.61. The Labute approximate surface area is 114 Å². The molecule has 0 saturated carbocycles. The Morgan fingerprint density at radius 3 is 2.63 bits per heavy atom. The Hall–Kier alpha value is -1.10. The molecule has 0 N–H and O–H groups in total. The van der Waals surface area contributed by atoms with Crippen LogP contribution in [0.5, 0.6) is 5.75 Å². The zero-order valence-electron chi connectivity index (χ0n) is 11.7. The van der Waals surface area contributed by atoms with E-state index in [-0.39, 0.29) is 12.2 Å². The quantitative estimate of drug-likeness (QED) is 0.314. The van der Waals surface area contributed by atoms with Crippen molar-refractivity contribution in [2.75, 3.05) is 26.6 Å². The van der Waals surface area contributed by atoms with E-state index in [2.05, 4.69) is 13.8 Å². The number of aryl methyl sites for hydroxylation is 1. The lowest BCUT2D eigenvalue weighted by molar-refractivity contribution is -0.279. The van der Waals surface area contributed by atoms with E-state index < -0.39 is 0 Å². The highest BCUT2D eigenvalue weighted by atomic mass is 17.2. The van der Waals surface area contributed by atoms with E-state index in [4.69, 9.17) is 19.2 Å². The lowest BCUT2D eigenvalue weighted by Gasteiger charge is -2.40. The molecule has 0 aromatic heterocycles. The molecule has 1 fully saturated rings. The van der Waals surface area contributed by atoms with E-state index in [1.54, 1.807) is 0 Å². The monoisotopic (exact) mass is 266 g/mol. The second kappa shape index (κ2) is 6.89. The van der Waals surface area contributed by atoms with Gasteiger partial charge < -0.3 is 14.4 Å². The summed E-state index contributed by atoms with van der Waals surface area (Å²) in [4.78, 5) is 10.4. The topological polar surface area (TPSA) is 36.9 Å². The van der Waals surface area contributed by atoms with Crippen LogP contribution in [-0.4, -0.2) is 26.6 Å². The predicted molar refractivity (Wildman–Crippen MR) is 71.9 cm³/mol. The van der Waals surface area contributed by atoms with Crippen molar-refractivity contribution < 1.29 is 19.2 Å². The van der Waals surface area contributed by atoms with Crippen LogP contribution in [0.15, 0.2) is 24.3 Å². The van der Waals surface area contributed by atoms with Gasteiger partial charge in [-0.25, -0.2) is 0 Å². The Kier molecular flexibility index (Phi) is 5.19. The molecule has 1 aliphatic heterocycles. The largest absolute Gasteiger partial charge is 0.380 e. The first kappa shape index (κ1) is 14.3. The van der Waals surface area contributed by atoms with Crippen molar-refractivity contribution in [2.45, 2.75) is 26.7 Å². The van der Waals surface area contributed by atoms with E-state index in [1.807, 2.05) is 24.3 Å². The van der Waals surface area contributed by atoms with Gasteiger partial charge in [0.2, 0.25) is 0 Å². The van der Waals surface area contributed by atoms with Crippen LogP contribution in [0.25, 0.3) is 0 Å². The summed E-state index contributed by atoms with van der Waals surface area (Å²) in [7, 11) is 0. The number of benzene rings is 1. The zero-order valence-corrected chi connectivity index (χ0v) is 11.7. The van der Waals surface area contributed by atoms with Crippen molar-refractivity contribution in [1.82, 2.24) is 0 Å². The van der Waals surface area contributed by atoms with Gasteiger partial charge in [-0.3, -0.25) is 0 Å². The van der Waals surface area contributed by atoms with Crippen LogP contribution in [0.2, 0.25) is 0 Å². The normalized spacial score (nSPS) is 16.9. The van der Waals surface area contributed by atoms with Gasteiger partial charge in [0, 0.05) is 5.41 Å². The summed E-state index contributed by atoms with van der Waals surface area (Å²) in [6, 6.07) is 7.84. The Morgan fingerprint density at radius 2 is 2.00 bits per heavy atom.